The molecule has 2 N–H and O–H groups in total. The zero-order valence-corrected chi connectivity index (χ0v) is 19.6. The Morgan fingerprint density at radius 2 is 1.90 bits per heavy atom. The lowest BCUT2D eigenvalue weighted by Crippen LogP contribution is -2.24. The Morgan fingerprint density at radius 3 is 2.55 bits per heavy atom. The van der Waals surface area contributed by atoms with Gasteiger partial charge in [-0.1, -0.05) is 28.9 Å². The molecule has 0 unspecified atom stereocenters. The molecule has 0 bridgehead atoms. The van der Waals surface area contributed by atoms with Crippen LogP contribution < -0.4 is 5.73 Å². The Labute approximate surface area is 190 Å². The fourth-order valence-corrected chi connectivity index (χ4v) is 4.97. The van der Waals surface area contributed by atoms with Crippen molar-refractivity contribution in [1.82, 2.24) is 5.16 Å². The Morgan fingerprint density at radius 1 is 1.23 bits per heavy atom. The molecule has 0 saturated carbocycles. The van der Waals surface area contributed by atoms with E-state index in [-0.39, 0.29) is 12.4 Å². The van der Waals surface area contributed by atoms with E-state index in [1.54, 1.807) is 0 Å². The maximum atomic E-state index is 12.7. The number of esters is 1. The van der Waals surface area contributed by atoms with Crippen LogP contribution in [-0.2, 0) is 9.53 Å². The number of hydrogen-bond donors (Lipinski definition) is 1. The lowest BCUT2D eigenvalue weighted by molar-refractivity contribution is -0.155. The molecule has 3 heterocycles. The third kappa shape index (κ3) is 4.12. The highest BCUT2D eigenvalue weighted by atomic mass is 35.5. The number of carbonyl (C=O) groups is 1. The maximum absolute atomic E-state index is 12.7. The number of thiophene rings is 1. The Bertz CT molecular complexity index is 1190. The van der Waals surface area contributed by atoms with Gasteiger partial charge in [-0.05, 0) is 52.3 Å². The molecule has 0 radical (unpaired) electrons. The Balaban J connectivity index is 1.91. The first-order chi connectivity index (χ1) is 14.5. The van der Waals surface area contributed by atoms with Gasteiger partial charge in [-0.25, -0.2) is 0 Å². The van der Waals surface area contributed by atoms with Crippen molar-refractivity contribution in [1.29, 1.82) is 0 Å². The summed E-state index contributed by atoms with van der Waals surface area (Å²) in [6.45, 7) is 9.39. The van der Waals surface area contributed by atoms with Crippen LogP contribution in [0.25, 0.3) is 10.4 Å². The summed E-state index contributed by atoms with van der Waals surface area (Å²) in [5, 5.41) is 5.52. The molecule has 8 heteroatoms. The van der Waals surface area contributed by atoms with Gasteiger partial charge in [0.2, 0.25) is 0 Å². The Kier molecular flexibility index (Phi) is 5.43. The highest BCUT2D eigenvalue weighted by Crippen LogP contribution is 2.47. The van der Waals surface area contributed by atoms with Crippen molar-refractivity contribution in [3.05, 3.63) is 57.4 Å². The van der Waals surface area contributed by atoms with Crippen molar-refractivity contribution in [2.24, 2.45) is 4.99 Å². The van der Waals surface area contributed by atoms with Gasteiger partial charge in [0.1, 0.15) is 11.6 Å². The predicted octanol–water partition coefficient (Wildman–Crippen LogP) is 5.88. The van der Waals surface area contributed by atoms with Gasteiger partial charge in [-0.15, -0.1) is 11.3 Å². The number of aliphatic imine (C=N–C) groups is 1. The molecule has 0 saturated heterocycles. The molecule has 0 fully saturated rings. The maximum Gasteiger partial charge on any atom is 0.308 e. The summed E-state index contributed by atoms with van der Waals surface area (Å²) in [6.07, 6.45) is 0.0411. The van der Waals surface area contributed by atoms with E-state index in [0.717, 1.165) is 38.5 Å². The second-order valence-electron chi connectivity index (χ2n) is 8.59. The molecule has 1 aromatic carbocycles. The molecule has 162 valence electrons. The number of benzene rings is 1. The van der Waals surface area contributed by atoms with Crippen molar-refractivity contribution in [2.75, 3.05) is 5.73 Å². The van der Waals surface area contributed by atoms with Crippen LogP contribution >= 0.6 is 22.9 Å². The predicted molar refractivity (Wildman–Crippen MR) is 124 cm³/mol. The highest BCUT2D eigenvalue weighted by molar-refractivity contribution is 7.20. The van der Waals surface area contributed by atoms with Crippen molar-refractivity contribution < 1.29 is 14.1 Å². The van der Waals surface area contributed by atoms with Gasteiger partial charge in [0.05, 0.1) is 33.3 Å². The van der Waals surface area contributed by atoms with Gasteiger partial charge in [-0.2, -0.15) is 0 Å². The lowest BCUT2D eigenvalue weighted by atomic mass is 9.97. The molecule has 4 rings (SSSR count). The average molecular weight is 458 g/mol. The monoisotopic (exact) mass is 457 g/mol. The second kappa shape index (κ2) is 7.80. The van der Waals surface area contributed by atoms with E-state index < -0.39 is 11.6 Å². The van der Waals surface area contributed by atoms with E-state index in [1.165, 1.54) is 11.3 Å². The number of hydrogen-bond acceptors (Lipinski definition) is 7. The van der Waals surface area contributed by atoms with E-state index in [9.17, 15) is 4.79 Å². The first kappa shape index (κ1) is 21.6. The molecule has 3 aromatic rings. The number of aryl methyl sites for hydroxylation is 1. The largest absolute Gasteiger partial charge is 0.460 e. The van der Waals surface area contributed by atoms with Crippen LogP contribution in [0.15, 0.2) is 33.8 Å². The van der Waals surface area contributed by atoms with E-state index in [0.29, 0.717) is 15.8 Å². The molecular weight excluding hydrogens is 434 g/mol. The van der Waals surface area contributed by atoms with Crippen LogP contribution in [0.3, 0.4) is 0 Å². The summed E-state index contributed by atoms with van der Waals surface area (Å²) in [5.74, 6) is 0.202. The van der Waals surface area contributed by atoms with Crippen LogP contribution in [0, 0.1) is 13.8 Å². The van der Waals surface area contributed by atoms with E-state index in [1.807, 2.05) is 58.9 Å². The van der Waals surface area contributed by atoms with Crippen molar-refractivity contribution in [2.45, 2.75) is 52.7 Å². The number of aromatic nitrogens is 1. The first-order valence-electron chi connectivity index (χ1n) is 9.96. The number of ether oxygens (including phenoxy) is 1. The number of nitrogen functional groups attached to an aromatic ring is 1. The van der Waals surface area contributed by atoms with E-state index >= 15 is 0 Å². The quantitative estimate of drug-likeness (QED) is 0.496. The second-order valence-corrected chi connectivity index (χ2v) is 10.1. The molecule has 0 spiro atoms. The van der Waals surface area contributed by atoms with Crippen molar-refractivity contribution in [3.8, 4) is 10.4 Å². The summed E-state index contributed by atoms with van der Waals surface area (Å²) >= 11 is 7.59. The number of anilines is 1. The van der Waals surface area contributed by atoms with Crippen molar-refractivity contribution in [3.63, 3.8) is 0 Å². The number of fused-ring (bicyclic) bond motifs is 3. The smallest absolute Gasteiger partial charge is 0.308 e. The van der Waals surface area contributed by atoms with E-state index in [4.69, 9.17) is 31.6 Å². The molecule has 31 heavy (non-hydrogen) atoms. The summed E-state index contributed by atoms with van der Waals surface area (Å²) in [5.41, 5.74) is 10.8. The van der Waals surface area contributed by atoms with Gasteiger partial charge in [0.25, 0.3) is 0 Å². The third-order valence-corrected chi connectivity index (χ3v) is 6.41. The number of rotatable bonds is 3. The Hall–Kier alpha value is -2.64. The van der Waals surface area contributed by atoms with E-state index in [2.05, 4.69) is 5.16 Å². The standard InChI is InChI=1S/C23H24ClN3O3S/c1-11-17-19(13-6-8-14(24)9-7-13)26-15(10-16(28)29-23(3,4)5)20-18(12(2)27-30-20)21(17)31-22(11)25/h6-9,15H,10,25H2,1-5H3/t15-/m0/s1. The SMILES string of the molecule is Cc1noc2c1-c1sc(N)c(C)c1C(c1ccc(Cl)cc1)=N[C@H]2CC(=O)OC(C)(C)C. The first-order valence-corrected chi connectivity index (χ1v) is 11.2. The lowest BCUT2D eigenvalue weighted by Gasteiger charge is -2.20. The van der Waals surface area contributed by atoms with Gasteiger partial charge < -0.3 is 15.0 Å². The average Bonchev–Trinajstić information content (AvgIpc) is 3.14. The zero-order valence-electron chi connectivity index (χ0n) is 18.1. The van der Waals surface area contributed by atoms with Crippen LogP contribution in [-0.4, -0.2) is 22.4 Å². The third-order valence-electron chi connectivity index (χ3n) is 5.02. The fourth-order valence-electron chi connectivity index (χ4n) is 3.67. The van der Waals surface area contributed by atoms with Gasteiger partial charge >= 0.3 is 5.97 Å². The van der Waals surface area contributed by atoms with Gasteiger partial charge in [-0.3, -0.25) is 9.79 Å². The molecular formula is C23H24ClN3O3S. The normalized spacial score (nSPS) is 15.7. The van der Waals surface area contributed by atoms with Crippen LogP contribution in [0.2, 0.25) is 5.02 Å². The molecule has 0 aliphatic carbocycles. The topological polar surface area (TPSA) is 90.7 Å². The number of nitrogens with zero attached hydrogens (tertiary/aromatic N) is 2. The summed E-state index contributed by atoms with van der Waals surface area (Å²) < 4.78 is 11.3. The van der Waals surface area contributed by atoms with Gasteiger partial charge in [0.15, 0.2) is 5.76 Å². The zero-order chi connectivity index (χ0) is 22.5. The van der Waals surface area contributed by atoms with Crippen molar-refractivity contribution >= 4 is 39.6 Å². The molecule has 0 amide bonds. The molecule has 6 nitrogen and oxygen atoms in total. The molecule has 1 aliphatic rings. The van der Waals surface area contributed by atoms with Crippen LogP contribution in [0.1, 0.15) is 61.4 Å². The minimum Gasteiger partial charge on any atom is -0.460 e. The molecule has 1 aliphatic heterocycles. The van der Waals surface area contributed by atoms with Crippen LogP contribution in [0.4, 0.5) is 5.00 Å². The molecule has 1 atom stereocenters. The number of nitrogens with two attached hydrogens (primary N) is 1. The number of carbonyl (C=O) groups excluding carboxylic acids is 1. The minimum atomic E-state index is -0.589. The summed E-state index contributed by atoms with van der Waals surface area (Å²) in [6, 6.07) is 6.91. The fraction of sp³-hybridized carbons (Fsp3) is 0.348. The number of halogens is 1. The summed E-state index contributed by atoms with van der Waals surface area (Å²) in [4.78, 5) is 18.6. The van der Waals surface area contributed by atoms with Gasteiger partial charge in [0, 0.05) is 16.1 Å². The summed E-state index contributed by atoms with van der Waals surface area (Å²) in [7, 11) is 0. The van der Waals surface area contributed by atoms with Crippen LogP contribution in [0.5, 0.6) is 0 Å². The highest BCUT2D eigenvalue weighted by Gasteiger charge is 2.35. The minimum absolute atomic E-state index is 0.0411. The molecule has 2 aromatic heterocycles.